The monoisotopic (exact) mass is 332 g/mol. The van der Waals surface area contributed by atoms with E-state index >= 15 is 0 Å². The van der Waals surface area contributed by atoms with Crippen LogP contribution in [0.4, 0.5) is 5.69 Å². The smallest absolute Gasteiger partial charge is 0.0666 e. The highest BCUT2D eigenvalue weighted by molar-refractivity contribution is 5.96. The molecule has 1 heterocycles. The molecule has 0 unspecified atom stereocenters. The third kappa shape index (κ3) is 2.84. The van der Waals surface area contributed by atoms with Crippen LogP contribution in [0.3, 0.4) is 0 Å². The molecule has 4 rings (SSSR count). The summed E-state index contributed by atoms with van der Waals surface area (Å²) in [5.41, 5.74) is 4.63. The van der Waals surface area contributed by atoms with E-state index in [-0.39, 0.29) is 17.4 Å². The number of nitrogens with zero attached hydrogens (tertiary/aromatic N) is 2. The van der Waals surface area contributed by atoms with Gasteiger partial charge < -0.3 is 10.1 Å². The van der Waals surface area contributed by atoms with E-state index in [9.17, 15) is 5.21 Å². The van der Waals surface area contributed by atoms with Crippen molar-refractivity contribution in [3.63, 3.8) is 0 Å². The molecule has 2 aromatic carbocycles. The average Bonchev–Trinajstić information content (AvgIpc) is 3.00. The van der Waals surface area contributed by atoms with Crippen molar-refractivity contribution in [1.29, 1.82) is 0 Å². The molecular weight excluding hydrogens is 308 g/mol. The Balaban J connectivity index is 1.84. The molecule has 2 aromatic rings. The van der Waals surface area contributed by atoms with Crippen LogP contribution in [0.15, 0.2) is 71.9 Å². The molecule has 0 aromatic heterocycles. The van der Waals surface area contributed by atoms with Gasteiger partial charge in [-0.3, -0.25) is 0 Å². The Kier molecular flexibility index (Phi) is 3.87. The highest BCUT2D eigenvalue weighted by Gasteiger charge is 2.46. The molecule has 0 bridgehead atoms. The molecular formula is C22H24N2O. The summed E-state index contributed by atoms with van der Waals surface area (Å²) in [5.74, 6) is 0.161. The number of para-hydroxylation sites is 1. The largest absolute Gasteiger partial charge is 0.411 e. The van der Waals surface area contributed by atoms with Crippen molar-refractivity contribution in [2.45, 2.75) is 32.7 Å². The molecule has 2 aliphatic rings. The fraction of sp³-hybridized carbons (Fsp3) is 0.318. The van der Waals surface area contributed by atoms with Gasteiger partial charge in [-0.15, -0.1) is 0 Å². The summed E-state index contributed by atoms with van der Waals surface area (Å²) in [5, 5.41) is 13.3. The number of hydrogen-bond acceptors (Lipinski definition) is 3. The van der Waals surface area contributed by atoms with Crippen LogP contribution in [0.25, 0.3) is 5.70 Å². The number of fused-ring (bicyclic) bond motifs is 1. The topological polar surface area (TPSA) is 35.8 Å². The Bertz CT molecular complexity index is 808. The van der Waals surface area contributed by atoms with E-state index < -0.39 is 0 Å². The maximum absolute atomic E-state index is 9.62. The fourth-order valence-corrected chi connectivity index (χ4v) is 4.35. The van der Waals surface area contributed by atoms with E-state index in [0.717, 1.165) is 18.6 Å². The molecule has 25 heavy (non-hydrogen) atoms. The van der Waals surface area contributed by atoms with Crippen molar-refractivity contribution in [1.82, 2.24) is 0 Å². The van der Waals surface area contributed by atoms with E-state index in [1.165, 1.54) is 16.9 Å². The van der Waals surface area contributed by atoms with Crippen LogP contribution in [0.1, 0.15) is 32.3 Å². The van der Waals surface area contributed by atoms with Gasteiger partial charge in [0.15, 0.2) is 0 Å². The highest BCUT2D eigenvalue weighted by Crippen LogP contribution is 2.48. The summed E-state index contributed by atoms with van der Waals surface area (Å²) in [4.78, 5) is 2.44. The van der Waals surface area contributed by atoms with Crippen LogP contribution in [-0.4, -0.2) is 17.0 Å². The molecule has 1 aliphatic carbocycles. The number of anilines is 1. The summed E-state index contributed by atoms with van der Waals surface area (Å²) in [6.45, 7) is 4.52. The van der Waals surface area contributed by atoms with Gasteiger partial charge in [0.2, 0.25) is 0 Å². The first-order chi connectivity index (χ1) is 12.1. The maximum atomic E-state index is 9.62. The fourth-order valence-electron chi connectivity index (χ4n) is 4.35. The van der Waals surface area contributed by atoms with Crippen molar-refractivity contribution in [2.75, 3.05) is 4.90 Å². The van der Waals surface area contributed by atoms with Crippen molar-refractivity contribution in [3.8, 4) is 0 Å². The van der Waals surface area contributed by atoms with Gasteiger partial charge in [0.1, 0.15) is 0 Å². The van der Waals surface area contributed by atoms with Gasteiger partial charge in [-0.2, -0.15) is 0 Å². The van der Waals surface area contributed by atoms with Crippen molar-refractivity contribution >= 4 is 17.1 Å². The van der Waals surface area contributed by atoms with Gasteiger partial charge in [0.05, 0.1) is 5.71 Å². The molecule has 1 saturated carbocycles. The molecule has 2 atom stereocenters. The predicted molar refractivity (Wildman–Crippen MR) is 103 cm³/mol. The predicted octanol–water partition coefficient (Wildman–Crippen LogP) is 5.18. The average molecular weight is 332 g/mol. The lowest BCUT2D eigenvalue weighted by atomic mass is 9.69. The van der Waals surface area contributed by atoms with E-state index in [0.29, 0.717) is 0 Å². The minimum absolute atomic E-state index is 0.121. The van der Waals surface area contributed by atoms with Crippen LogP contribution in [0, 0.1) is 11.3 Å². The molecule has 3 nitrogen and oxygen atoms in total. The lowest BCUT2D eigenvalue weighted by Gasteiger charge is -2.42. The first-order valence-electron chi connectivity index (χ1n) is 8.91. The Morgan fingerprint density at radius 1 is 1.00 bits per heavy atom. The summed E-state index contributed by atoms with van der Waals surface area (Å²) >= 11 is 0. The van der Waals surface area contributed by atoms with Gasteiger partial charge in [0.25, 0.3) is 0 Å². The summed E-state index contributed by atoms with van der Waals surface area (Å²) in [6, 6.07) is 21.3. The summed E-state index contributed by atoms with van der Waals surface area (Å²) < 4.78 is 0. The minimum Gasteiger partial charge on any atom is -0.411 e. The van der Waals surface area contributed by atoms with Gasteiger partial charge in [-0.05, 0) is 42.0 Å². The van der Waals surface area contributed by atoms with E-state index in [1.54, 1.807) is 0 Å². The van der Waals surface area contributed by atoms with Crippen LogP contribution in [0.5, 0.6) is 0 Å². The van der Waals surface area contributed by atoms with Crippen LogP contribution >= 0.6 is 0 Å². The lowest BCUT2D eigenvalue weighted by molar-refractivity contribution is 0.258. The summed E-state index contributed by atoms with van der Waals surface area (Å²) in [7, 11) is 0. The van der Waals surface area contributed by atoms with E-state index in [4.69, 9.17) is 0 Å². The Morgan fingerprint density at radius 3 is 2.28 bits per heavy atom. The molecule has 1 N–H and O–H groups in total. The second-order valence-corrected chi connectivity index (χ2v) is 7.85. The number of hydrogen-bond donors (Lipinski definition) is 1. The zero-order valence-corrected chi connectivity index (χ0v) is 14.8. The van der Waals surface area contributed by atoms with E-state index in [2.05, 4.69) is 78.5 Å². The second kappa shape index (κ2) is 6.07. The van der Waals surface area contributed by atoms with Crippen molar-refractivity contribution in [2.24, 2.45) is 16.5 Å². The molecule has 1 aliphatic heterocycles. The first kappa shape index (κ1) is 15.9. The second-order valence-electron chi connectivity index (χ2n) is 7.85. The zero-order chi connectivity index (χ0) is 17.4. The SMILES string of the molecule is CC1(C)C/C(=N/O)[C@@H]2C=C(c3ccccc3)N(c3ccccc3)[C@@H]2C1. The zero-order valence-electron chi connectivity index (χ0n) is 14.8. The molecule has 1 fully saturated rings. The van der Waals surface area contributed by atoms with E-state index in [1.807, 2.05) is 12.1 Å². The lowest BCUT2D eigenvalue weighted by Crippen LogP contribution is -2.45. The van der Waals surface area contributed by atoms with Gasteiger partial charge in [-0.1, -0.05) is 67.5 Å². The molecule has 0 saturated heterocycles. The van der Waals surface area contributed by atoms with Gasteiger partial charge >= 0.3 is 0 Å². The molecule has 0 radical (unpaired) electrons. The molecule has 0 amide bonds. The molecule has 0 spiro atoms. The van der Waals surface area contributed by atoms with Crippen molar-refractivity contribution in [3.05, 3.63) is 72.3 Å². The number of rotatable bonds is 2. The first-order valence-corrected chi connectivity index (χ1v) is 8.91. The van der Waals surface area contributed by atoms with Gasteiger partial charge in [-0.25, -0.2) is 0 Å². The van der Waals surface area contributed by atoms with Gasteiger partial charge in [0, 0.05) is 23.3 Å². The normalized spacial score (nSPS) is 26.4. The Labute approximate surface area is 149 Å². The maximum Gasteiger partial charge on any atom is 0.0666 e. The van der Waals surface area contributed by atoms with Crippen LogP contribution < -0.4 is 4.90 Å². The highest BCUT2D eigenvalue weighted by atomic mass is 16.4. The third-order valence-corrected chi connectivity index (χ3v) is 5.38. The minimum atomic E-state index is 0.121. The van der Waals surface area contributed by atoms with Crippen LogP contribution in [0.2, 0.25) is 0 Å². The molecule has 3 heteroatoms. The standard InChI is InChI=1S/C22H24N2O/c1-22(2)14-19(23-25)18-13-20(16-9-5-3-6-10-16)24(21(18)15-22)17-11-7-4-8-12-17/h3-13,18,21,25H,14-15H2,1-2H3/b23-19-/t18-,21+/m0/s1. The molecule has 128 valence electrons. The summed E-state index contributed by atoms with van der Waals surface area (Å²) in [6.07, 6.45) is 4.20. The number of oxime groups is 1. The number of benzene rings is 2. The Hall–Kier alpha value is -2.55. The van der Waals surface area contributed by atoms with Crippen molar-refractivity contribution < 1.29 is 5.21 Å². The Morgan fingerprint density at radius 2 is 1.64 bits per heavy atom. The third-order valence-electron chi connectivity index (χ3n) is 5.38. The quantitative estimate of drug-likeness (QED) is 0.607. The van der Waals surface area contributed by atoms with Crippen LogP contribution in [-0.2, 0) is 0 Å².